The number of carbonyl (C=O) groups is 2. The predicted octanol–water partition coefficient (Wildman–Crippen LogP) is 1.01. The van der Waals surface area contributed by atoms with Crippen molar-refractivity contribution in [3.05, 3.63) is 48.0 Å². The van der Waals surface area contributed by atoms with Gasteiger partial charge in [0.1, 0.15) is 0 Å². The molecule has 1 heterocycles. The quantitative estimate of drug-likeness (QED) is 0.775. The minimum atomic E-state index is -0.183. The molecule has 1 aliphatic rings. The lowest BCUT2D eigenvalue weighted by Crippen LogP contribution is -2.27. The first-order valence-corrected chi connectivity index (χ1v) is 6.20. The molecule has 100 valence electrons. The predicted molar refractivity (Wildman–Crippen MR) is 72.3 cm³/mol. The molecule has 1 fully saturated rings. The Hall–Kier alpha value is -2.30. The summed E-state index contributed by atoms with van der Waals surface area (Å²) in [7, 11) is 0. The van der Waals surface area contributed by atoms with Gasteiger partial charge in [-0.05, 0) is 17.2 Å². The summed E-state index contributed by atoms with van der Waals surface area (Å²) in [4.78, 5) is 24.2. The molecule has 3 amide bonds. The number of urea groups is 1. The van der Waals surface area contributed by atoms with E-state index < -0.39 is 0 Å². The van der Waals surface area contributed by atoms with Crippen molar-refractivity contribution in [3.63, 3.8) is 0 Å². The normalized spacial score (nSPS) is 14.1. The zero-order valence-electron chi connectivity index (χ0n) is 10.7. The fourth-order valence-corrected chi connectivity index (χ4v) is 1.91. The van der Waals surface area contributed by atoms with Crippen molar-refractivity contribution < 1.29 is 9.59 Å². The number of nitrogens with one attached hydrogen (secondary N) is 2. The second-order valence-corrected chi connectivity index (χ2v) is 4.39. The van der Waals surface area contributed by atoms with Gasteiger partial charge in [0.25, 0.3) is 0 Å². The highest BCUT2D eigenvalue weighted by Gasteiger charge is 2.18. The molecule has 0 spiro atoms. The first-order chi connectivity index (χ1) is 9.19. The molecule has 5 nitrogen and oxygen atoms in total. The molecule has 19 heavy (non-hydrogen) atoms. The third-order valence-corrected chi connectivity index (χ3v) is 2.99. The van der Waals surface area contributed by atoms with E-state index in [0.29, 0.717) is 19.6 Å². The van der Waals surface area contributed by atoms with Crippen molar-refractivity contribution in [1.29, 1.82) is 0 Å². The third kappa shape index (κ3) is 3.58. The maximum absolute atomic E-state index is 11.4. The zero-order valence-corrected chi connectivity index (χ0v) is 10.7. The van der Waals surface area contributed by atoms with Crippen LogP contribution in [0.1, 0.15) is 11.1 Å². The van der Waals surface area contributed by atoms with Gasteiger partial charge in [-0.1, -0.05) is 30.8 Å². The van der Waals surface area contributed by atoms with Crippen LogP contribution in [0.25, 0.3) is 0 Å². The van der Waals surface area contributed by atoms with E-state index in [4.69, 9.17) is 0 Å². The minimum absolute atomic E-state index is 0.0117. The van der Waals surface area contributed by atoms with Crippen LogP contribution in [0.15, 0.2) is 36.9 Å². The smallest absolute Gasteiger partial charge is 0.317 e. The van der Waals surface area contributed by atoms with Crippen LogP contribution in [0.5, 0.6) is 0 Å². The number of benzene rings is 1. The lowest BCUT2D eigenvalue weighted by molar-refractivity contribution is -0.116. The maximum Gasteiger partial charge on any atom is 0.317 e. The Morgan fingerprint density at radius 2 is 2.05 bits per heavy atom. The van der Waals surface area contributed by atoms with E-state index in [1.54, 1.807) is 4.90 Å². The summed E-state index contributed by atoms with van der Waals surface area (Å²) in [6.45, 7) is 5.95. The van der Waals surface area contributed by atoms with Crippen molar-refractivity contribution in [2.75, 3.05) is 13.1 Å². The second kappa shape index (κ2) is 6.04. The van der Waals surface area contributed by atoms with Gasteiger partial charge < -0.3 is 15.5 Å². The van der Waals surface area contributed by atoms with Gasteiger partial charge in [0.15, 0.2) is 0 Å². The van der Waals surface area contributed by atoms with Gasteiger partial charge in [0.2, 0.25) is 5.91 Å². The van der Waals surface area contributed by atoms with Crippen LogP contribution in [0.3, 0.4) is 0 Å². The van der Waals surface area contributed by atoms with Gasteiger partial charge in [0, 0.05) is 26.2 Å². The maximum atomic E-state index is 11.4. The third-order valence-electron chi connectivity index (χ3n) is 2.99. The van der Waals surface area contributed by atoms with Crippen LogP contribution in [0, 0.1) is 0 Å². The van der Waals surface area contributed by atoms with Gasteiger partial charge in [-0.2, -0.15) is 0 Å². The Kier molecular flexibility index (Phi) is 4.18. The van der Waals surface area contributed by atoms with E-state index in [1.807, 2.05) is 24.3 Å². The number of rotatable bonds is 5. The summed E-state index contributed by atoms with van der Waals surface area (Å²) in [6, 6.07) is 7.84. The monoisotopic (exact) mass is 259 g/mol. The highest BCUT2D eigenvalue weighted by atomic mass is 16.2. The minimum Gasteiger partial charge on any atom is -0.348 e. The molecule has 0 saturated carbocycles. The van der Waals surface area contributed by atoms with Crippen molar-refractivity contribution in [3.8, 4) is 0 Å². The Morgan fingerprint density at radius 3 is 2.63 bits per heavy atom. The average Bonchev–Trinajstić information content (AvgIpc) is 2.83. The van der Waals surface area contributed by atoms with Gasteiger partial charge in [-0.25, -0.2) is 4.79 Å². The Labute approximate surface area is 112 Å². The van der Waals surface area contributed by atoms with Crippen LogP contribution in [0.2, 0.25) is 0 Å². The van der Waals surface area contributed by atoms with Crippen LogP contribution in [0.4, 0.5) is 4.79 Å². The molecule has 0 aromatic heterocycles. The second-order valence-electron chi connectivity index (χ2n) is 4.39. The van der Waals surface area contributed by atoms with E-state index in [0.717, 1.165) is 17.7 Å². The first kappa shape index (κ1) is 13.1. The standard InChI is InChI=1S/C14H17N3O2/c1-2-13(18)16-9-11-3-5-12(6-4-11)10-17-8-7-15-14(17)19/h2-6H,1,7-10H2,(H,15,19)(H,16,18). The van der Waals surface area contributed by atoms with E-state index in [2.05, 4.69) is 17.2 Å². The van der Waals surface area contributed by atoms with Gasteiger partial charge in [-0.15, -0.1) is 0 Å². The molecule has 0 bridgehead atoms. The van der Waals surface area contributed by atoms with Crippen molar-refractivity contribution in [1.82, 2.24) is 15.5 Å². The Bertz CT molecular complexity index is 482. The highest BCUT2D eigenvalue weighted by molar-refractivity contribution is 5.86. The van der Waals surface area contributed by atoms with Crippen molar-refractivity contribution in [2.45, 2.75) is 13.1 Å². The van der Waals surface area contributed by atoms with Gasteiger partial charge >= 0.3 is 6.03 Å². The van der Waals surface area contributed by atoms with Crippen LogP contribution < -0.4 is 10.6 Å². The lowest BCUT2D eigenvalue weighted by atomic mass is 10.1. The molecule has 2 rings (SSSR count). The molecule has 5 heteroatoms. The number of amides is 3. The van der Waals surface area contributed by atoms with Crippen LogP contribution >= 0.6 is 0 Å². The molecule has 1 aliphatic heterocycles. The summed E-state index contributed by atoms with van der Waals surface area (Å²) >= 11 is 0. The Morgan fingerprint density at radius 1 is 1.37 bits per heavy atom. The lowest BCUT2D eigenvalue weighted by Gasteiger charge is -2.14. The molecule has 0 atom stereocenters. The molecule has 0 unspecified atom stereocenters. The topological polar surface area (TPSA) is 61.4 Å². The molecular formula is C14H17N3O2. The SMILES string of the molecule is C=CC(=O)NCc1ccc(CN2CCNC2=O)cc1. The van der Waals surface area contributed by atoms with E-state index in [-0.39, 0.29) is 11.9 Å². The Balaban J connectivity index is 1.89. The van der Waals surface area contributed by atoms with E-state index in [1.165, 1.54) is 6.08 Å². The summed E-state index contributed by atoms with van der Waals surface area (Å²) in [6.07, 6.45) is 1.25. The van der Waals surface area contributed by atoms with Crippen LogP contribution in [-0.4, -0.2) is 29.9 Å². The summed E-state index contributed by atoms with van der Waals surface area (Å²) in [5.74, 6) is -0.183. The molecule has 0 aliphatic carbocycles. The molecule has 1 aromatic rings. The largest absolute Gasteiger partial charge is 0.348 e. The molecule has 1 saturated heterocycles. The summed E-state index contributed by atoms with van der Waals surface area (Å²) < 4.78 is 0. The number of hydrogen-bond acceptors (Lipinski definition) is 2. The zero-order chi connectivity index (χ0) is 13.7. The molecule has 0 radical (unpaired) electrons. The van der Waals surface area contributed by atoms with E-state index in [9.17, 15) is 9.59 Å². The fourth-order valence-electron chi connectivity index (χ4n) is 1.91. The number of nitrogens with zero attached hydrogens (tertiary/aromatic N) is 1. The van der Waals surface area contributed by atoms with Crippen LogP contribution in [-0.2, 0) is 17.9 Å². The van der Waals surface area contributed by atoms with Crippen molar-refractivity contribution in [2.24, 2.45) is 0 Å². The molecule has 1 aromatic carbocycles. The number of carbonyl (C=O) groups excluding carboxylic acids is 2. The summed E-state index contributed by atoms with van der Waals surface area (Å²) in [5.41, 5.74) is 2.10. The van der Waals surface area contributed by atoms with Gasteiger partial charge in [-0.3, -0.25) is 4.79 Å². The number of hydrogen-bond donors (Lipinski definition) is 2. The van der Waals surface area contributed by atoms with E-state index >= 15 is 0 Å². The fraction of sp³-hybridized carbons (Fsp3) is 0.286. The molecule has 2 N–H and O–H groups in total. The summed E-state index contributed by atoms with van der Waals surface area (Å²) in [5, 5.41) is 5.49. The van der Waals surface area contributed by atoms with Crippen molar-refractivity contribution >= 4 is 11.9 Å². The van der Waals surface area contributed by atoms with Gasteiger partial charge in [0.05, 0.1) is 0 Å². The average molecular weight is 259 g/mol. The highest BCUT2D eigenvalue weighted by Crippen LogP contribution is 2.09. The first-order valence-electron chi connectivity index (χ1n) is 6.20. The molecular weight excluding hydrogens is 242 g/mol.